The first kappa shape index (κ1) is 17.8. The lowest BCUT2D eigenvalue weighted by Gasteiger charge is -2.24. The minimum Gasteiger partial charge on any atom is -0.456 e. The highest BCUT2D eigenvalue weighted by Crippen LogP contribution is 2.39. The molecule has 3 nitrogen and oxygen atoms in total. The highest BCUT2D eigenvalue weighted by molar-refractivity contribution is 7.90. The zero-order chi connectivity index (χ0) is 19.0. The largest absolute Gasteiger partial charge is 0.456 e. The molecule has 3 aromatic carbocycles. The fraction of sp³-hybridized carbons (Fsp3) is 0.0909. The quantitative estimate of drug-likeness (QED) is 0.607. The molecule has 4 rings (SSSR count). The van der Waals surface area contributed by atoms with E-state index in [-0.39, 0.29) is 4.90 Å². The number of halogens is 1. The van der Waals surface area contributed by atoms with Gasteiger partial charge in [-0.25, -0.2) is 8.42 Å². The van der Waals surface area contributed by atoms with Crippen LogP contribution in [0.3, 0.4) is 0 Å². The highest BCUT2D eigenvalue weighted by Gasteiger charge is 2.22. The Bertz CT molecular complexity index is 1130. The molecule has 0 unspecified atom stereocenters. The summed E-state index contributed by atoms with van der Waals surface area (Å²) in [5, 5.41) is 0.676. The van der Waals surface area contributed by atoms with Crippen molar-refractivity contribution >= 4 is 32.8 Å². The van der Waals surface area contributed by atoms with Crippen molar-refractivity contribution in [1.82, 2.24) is 0 Å². The number of hydrogen-bond acceptors (Lipinski definition) is 3. The smallest absolute Gasteiger partial charge is 0.175 e. The van der Waals surface area contributed by atoms with Gasteiger partial charge < -0.3 is 4.74 Å². The van der Waals surface area contributed by atoms with E-state index in [0.29, 0.717) is 5.02 Å². The van der Waals surface area contributed by atoms with Gasteiger partial charge in [-0.05, 0) is 53.6 Å². The molecule has 0 saturated heterocycles. The maximum Gasteiger partial charge on any atom is 0.175 e. The molecule has 0 radical (unpaired) electrons. The molecule has 0 saturated carbocycles. The summed E-state index contributed by atoms with van der Waals surface area (Å²) in [4.78, 5) is 0.288. The number of para-hydroxylation sites is 1. The standard InChI is InChI=1S/C22H17ClO3S/c1-27(24,25)19-12-8-16(9-13-19)22-20(15-6-10-18(23)11-7-15)14-17-4-2-3-5-21(17)26-22/h2-13H,14H2,1H3. The van der Waals surface area contributed by atoms with Gasteiger partial charge >= 0.3 is 0 Å². The third-order valence-corrected chi connectivity index (χ3v) is 5.94. The Morgan fingerprint density at radius 3 is 2.15 bits per heavy atom. The topological polar surface area (TPSA) is 43.4 Å². The lowest BCUT2D eigenvalue weighted by Crippen LogP contribution is -2.09. The van der Waals surface area contributed by atoms with Gasteiger partial charge in [0.05, 0.1) is 4.90 Å². The van der Waals surface area contributed by atoms with Crippen LogP contribution in [0.25, 0.3) is 11.3 Å². The van der Waals surface area contributed by atoms with Crippen LogP contribution in [0, 0.1) is 0 Å². The van der Waals surface area contributed by atoms with E-state index in [4.69, 9.17) is 16.3 Å². The Kier molecular flexibility index (Phi) is 4.54. The molecule has 136 valence electrons. The maximum absolute atomic E-state index is 11.7. The molecule has 0 aromatic heterocycles. The van der Waals surface area contributed by atoms with Crippen molar-refractivity contribution < 1.29 is 13.2 Å². The zero-order valence-electron chi connectivity index (χ0n) is 14.6. The Morgan fingerprint density at radius 2 is 1.48 bits per heavy atom. The number of ether oxygens (including phenoxy) is 1. The van der Waals surface area contributed by atoms with Crippen LogP contribution in [0.1, 0.15) is 16.7 Å². The average molecular weight is 397 g/mol. The van der Waals surface area contributed by atoms with Crippen molar-refractivity contribution in [3.8, 4) is 5.75 Å². The summed E-state index contributed by atoms with van der Waals surface area (Å²) in [6, 6.07) is 22.4. The van der Waals surface area contributed by atoms with Gasteiger partial charge in [0.1, 0.15) is 11.5 Å². The van der Waals surface area contributed by atoms with Gasteiger partial charge in [0.25, 0.3) is 0 Å². The molecule has 0 amide bonds. The monoisotopic (exact) mass is 396 g/mol. The van der Waals surface area contributed by atoms with E-state index in [9.17, 15) is 8.42 Å². The molecule has 3 aromatic rings. The summed E-state index contributed by atoms with van der Waals surface area (Å²) in [6.07, 6.45) is 1.93. The molecule has 5 heteroatoms. The van der Waals surface area contributed by atoms with Gasteiger partial charge in [-0.1, -0.05) is 41.9 Å². The SMILES string of the molecule is CS(=O)(=O)c1ccc(C2=C(c3ccc(Cl)cc3)Cc3ccccc3O2)cc1. The molecule has 1 aliphatic rings. The van der Waals surface area contributed by atoms with Crippen molar-refractivity contribution in [2.24, 2.45) is 0 Å². The van der Waals surface area contributed by atoms with E-state index in [1.54, 1.807) is 24.3 Å². The summed E-state index contributed by atoms with van der Waals surface area (Å²) < 4.78 is 29.7. The van der Waals surface area contributed by atoms with Crippen molar-refractivity contribution in [2.45, 2.75) is 11.3 Å². The summed E-state index contributed by atoms with van der Waals surface area (Å²) in [6.45, 7) is 0. The lowest BCUT2D eigenvalue weighted by atomic mass is 9.92. The average Bonchev–Trinajstić information content (AvgIpc) is 2.67. The van der Waals surface area contributed by atoms with Crippen LogP contribution >= 0.6 is 11.6 Å². The fourth-order valence-electron chi connectivity index (χ4n) is 3.16. The van der Waals surface area contributed by atoms with Gasteiger partial charge in [-0.15, -0.1) is 0 Å². The van der Waals surface area contributed by atoms with E-state index in [1.165, 1.54) is 6.26 Å². The van der Waals surface area contributed by atoms with E-state index in [2.05, 4.69) is 6.07 Å². The van der Waals surface area contributed by atoms with Crippen molar-refractivity contribution in [2.75, 3.05) is 6.26 Å². The molecular formula is C22H17ClO3S. The molecule has 0 bridgehead atoms. The van der Waals surface area contributed by atoms with Crippen LogP contribution < -0.4 is 4.74 Å². The van der Waals surface area contributed by atoms with Crippen LogP contribution in [0.15, 0.2) is 77.7 Å². The van der Waals surface area contributed by atoms with E-state index in [0.717, 1.165) is 40.2 Å². The predicted octanol–water partition coefficient (Wildman–Crippen LogP) is 5.25. The molecule has 27 heavy (non-hydrogen) atoms. The van der Waals surface area contributed by atoms with Crippen LogP contribution in [-0.4, -0.2) is 14.7 Å². The number of benzene rings is 3. The zero-order valence-corrected chi connectivity index (χ0v) is 16.2. The lowest BCUT2D eigenvalue weighted by molar-refractivity contribution is 0.502. The first-order valence-corrected chi connectivity index (χ1v) is 10.7. The Balaban J connectivity index is 1.85. The van der Waals surface area contributed by atoms with E-state index >= 15 is 0 Å². The molecule has 1 heterocycles. The Hall–Kier alpha value is -2.56. The number of hydrogen-bond donors (Lipinski definition) is 0. The van der Waals surface area contributed by atoms with Crippen molar-refractivity contribution in [3.05, 3.63) is 94.5 Å². The molecule has 0 fully saturated rings. The second kappa shape index (κ2) is 6.87. The summed E-state index contributed by atoms with van der Waals surface area (Å²) in [5.41, 5.74) is 4.01. The fourth-order valence-corrected chi connectivity index (χ4v) is 3.92. The summed E-state index contributed by atoms with van der Waals surface area (Å²) in [5.74, 6) is 1.55. The van der Waals surface area contributed by atoms with Gasteiger partial charge in [0.15, 0.2) is 9.84 Å². The van der Waals surface area contributed by atoms with Crippen LogP contribution in [0.2, 0.25) is 5.02 Å². The normalized spacial score (nSPS) is 13.9. The van der Waals surface area contributed by atoms with Crippen LogP contribution in [-0.2, 0) is 16.3 Å². The predicted molar refractivity (Wildman–Crippen MR) is 109 cm³/mol. The maximum atomic E-state index is 11.7. The summed E-state index contributed by atoms with van der Waals surface area (Å²) >= 11 is 6.04. The highest BCUT2D eigenvalue weighted by atomic mass is 35.5. The second-order valence-electron chi connectivity index (χ2n) is 6.50. The van der Waals surface area contributed by atoms with Gasteiger partial charge in [-0.2, -0.15) is 0 Å². The molecular weight excluding hydrogens is 380 g/mol. The molecule has 0 atom stereocenters. The molecule has 0 N–H and O–H groups in total. The van der Waals surface area contributed by atoms with E-state index in [1.807, 2.05) is 42.5 Å². The number of rotatable bonds is 3. The third kappa shape index (κ3) is 3.64. The van der Waals surface area contributed by atoms with Gasteiger partial charge in [-0.3, -0.25) is 0 Å². The number of allylic oxidation sites excluding steroid dienone is 1. The van der Waals surface area contributed by atoms with Gasteiger partial charge in [0, 0.05) is 28.8 Å². The van der Waals surface area contributed by atoms with Crippen molar-refractivity contribution in [3.63, 3.8) is 0 Å². The molecule has 0 aliphatic carbocycles. The van der Waals surface area contributed by atoms with E-state index < -0.39 is 9.84 Å². The number of fused-ring (bicyclic) bond motifs is 1. The Labute approximate surface area is 163 Å². The third-order valence-electron chi connectivity index (χ3n) is 4.56. The molecule has 0 spiro atoms. The van der Waals surface area contributed by atoms with Crippen LogP contribution in [0.5, 0.6) is 5.75 Å². The first-order valence-electron chi connectivity index (χ1n) is 8.47. The Morgan fingerprint density at radius 1 is 0.852 bits per heavy atom. The summed E-state index contributed by atoms with van der Waals surface area (Å²) in [7, 11) is -3.24. The first-order chi connectivity index (χ1) is 12.9. The second-order valence-corrected chi connectivity index (χ2v) is 8.95. The van der Waals surface area contributed by atoms with Gasteiger partial charge in [0.2, 0.25) is 0 Å². The minimum atomic E-state index is -3.24. The minimum absolute atomic E-state index is 0.288. The van der Waals surface area contributed by atoms with Crippen LogP contribution in [0.4, 0.5) is 0 Å². The number of sulfone groups is 1. The molecule has 1 aliphatic heterocycles. The van der Waals surface area contributed by atoms with Crippen molar-refractivity contribution in [1.29, 1.82) is 0 Å².